The summed E-state index contributed by atoms with van der Waals surface area (Å²) in [5, 5.41) is 0. The molecule has 1 aromatic rings. The van der Waals surface area contributed by atoms with Gasteiger partial charge in [-0.25, -0.2) is 12.7 Å². The molecule has 0 aliphatic carbocycles. The molecule has 1 heterocycles. The Hall–Kier alpha value is -1.89. The highest BCUT2D eigenvalue weighted by Gasteiger charge is 2.51. The van der Waals surface area contributed by atoms with E-state index in [0.29, 0.717) is 0 Å². The van der Waals surface area contributed by atoms with Gasteiger partial charge in [0.2, 0.25) is 5.91 Å². The lowest BCUT2D eigenvalue weighted by Gasteiger charge is -2.30. The second-order valence-electron chi connectivity index (χ2n) is 6.41. The van der Waals surface area contributed by atoms with Gasteiger partial charge in [-0.1, -0.05) is 17.7 Å². The first-order chi connectivity index (χ1) is 10.6. The molecule has 2 rings (SSSR count). The zero-order chi connectivity index (χ0) is 17.4. The Balaban J connectivity index is 2.38. The molecule has 0 N–H and O–H groups in total. The average molecular weight is 339 g/mol. The van der Waals surface area contributed by atoms with Crippen molar-refractivity contribution in [1.29, 1.82) is 0 Å². The topological polar surface area (TPSA) is 80.8 Å². The van der Waals surface area contributed by atoms with E-state index in [1.165, 1.54) is 19.2 Å². The normalized spacial score (nSPS) is 20.6. The molecule has 1 saturated heterocycles. The summed E-state index contributed by atoms with van der Waals surface area (Å²) in [5.41, 5.74) is 0.0407. The summed E-state index contributed by atoms with van der Waals surface area (Å²) in [6, 6.07) is 6.35. The van der Waals surface area contributed by atoms with Crippen LogP contribution < -0.4 is 0 Å². The number of esters is 1. The second kappa shape index (κ2) is 5.96. The lowest BCUT2D eigenvalue weighted by atomic mass is 9.94. The summed E-state index contributed by atoms with van der Waals surface area (Å²) in [7, 11) is -2.71. The van der Waals surface area contributed by atoms with Crippen LogP contribution in [0.3, 0.4) is 0 Å². The molecule has 0 radical (unpaired) electrons. The number of nitrogens with zero attached hydrogens (tertiary/aromatic N) is 1. The van der Waals surface area contributed by atoms with Crippen LogP contribution in [0.4, 0.5) is 0 Å². The van der Waals surface area contributed by atoms with Crippen LogP contribution in [0.2, 0.25) is 0 Å². The molecule has 0 bridgehead atoms. The predicted molar refractivity (Wildman–Crippen MR) is 84.0 cm³/mol. The molecule has 1 atom stereocenters. The Bertz CT molecular complexity index is 721. The van der Waals surface area contributed by atoms with Crippen molar-refractivity contribution in [1.82, 2.24) is 4.31 Å². The molecule has 7 heteroatoms. The van der Waals surface area contributed by atoms with Gasteiger partial charge in [0.1, 0.15) is 0 Å². The lowest BCUT2D eigenvalue weighted by Crippen LogP contribution is -2.45. The SMILES string of the molecule is COC(=O)C[C@@H]1CC(C)(C)N(S(=O)(=O)c2ccc(C)cc2)C1=O. The van der Waals surface area contributed by atoms with Gasteiger partial charge in [0.25, 0.3) is 10.0 Å². The smallest absolute Gasteiger partial charge is 0.306 e. The van der Waals surface area contributed by atoms with Gasteiger partial charge in [-0.15, -0.1) is 0 Å². The third-order valence-corrected chi connectivity index (χ3v) is 6.07. The molecule has 0 unspecified atom stereocenters. The van der Waals surface area contributed by atoms with Crippen molar-refractivity contribution in [3.05, 3.63) is 29.8 Å². The minimum Gasteiger partial charge on any atom is -0.469 e. The van der Waals surface area contributed by atoms with Crippen LogP contribution in [-0.2, 0) is 24.3 Å². The molecule has 23 heavy (non-hydrogen) atoms. The Kier molecular flexibility index (Phi) is 4.52. The maximum atomic E-state index is 12.9. The summed E-state index contributed by atoms with van der Waals surface area (Å²) < 4.78 is 31.2. The average Bonchev–Trinajstić information content (AvgIpc) is 2.68. The van der Waals surface area contributed by atoms with Crippen molar-refractivity contribution in [2.45, 2.75) is 44.0 Å². The largest absolute Gasteiger partial charge is 0.469 e. The number of rotatable bonds is 4. The van der Waals surface area contributed by atoms with Crippen molar-refractivity contribution in [3.63, 3.8) is 0 Å². The van der Waals surface area contributed by atoms with Crippen molar-refractivity contribution < 1.29 is 22.7 Å². The van der Waals surface area contributed by atoms with Crippen LogP contribution in [0, 0.1) is 12.8 Å². The number of amides is 1. The van der Waals surface area contributed by atoms with E-state index in [1.807, 2.05) is 6.92 Å². The highest BCUT2D eigenvalue weighted by molar-refractivity contribution is 7.89. The Morgan fingerprint density at radius 3 is 2.39 bits per heavy atom. The quantitative estimate of drug-likeness (QED) is 0.782. The first kappa shape index (κ1) is 17.5. The van der Waals surface area contributed by atoms with Gasteiger partial charge in [0, 0.05) is 0 Å². The molecule has 1 aliphatic rings. The van der Waals surface area contributed by atoms with E-state index in [0.717, 1.165) is 9.87 Å². The molecule has 0 saturated carbocycles. The van der Waals surface area contributed by atoms with Crippen LogP contribution in [0.1, 0.15) is 32.3 Å². The van der Waals surface area contributed by atoms with E-state index in [9.17, 15) is 18.0 Å². The van der Waals surface area contributed by atoms with Crippen LogP contribution in [-0.4, -0.2) is 37.2 Å². The predicted octanol–water partition coefficient (Wildman–Crippen LogP) is 1.87. The number of hydrogen-bond acceptors (Lipinski definition) is 5. The molecule has 1 amide bonds. The van der Waals surface area contributed by atoms with E-state index in [1.54, 1.807) is 26.0 Å². The Labute approximate surface area is 136 Å². The number of carbonyl (C=O) groups excluding carboxylic acids is 2. The molecule has 0 aromatic heterocycles. The van der Waals surface area contributed by atoms with Gasteiger partial charge in [0.15, 0.2) is 0 Å². The van der Waals surface area contributed by atoms with E-state index in [4.69, 9.17) is 0 Å². The number of benzene rings is 1. The minimum absolute atomic E-state index is 0.0724. The van der Waals surface area contributed by atoms with Crippen LogP contribution in [0.5, 0.6) is 0 Å². The van der Waals surface area contributed by atoms with Crippen molar-refractivity contribution in [3.8, 4) is 0 Å². The molecule has 1 aliphatic heterocycles. The van der Waals surface area contributed by atoms with Gasteiger partial charge in [-0.3, -0.25) is 9.59 Å². The lowest BCUT2D eigenvalue weighted by molar-refractivity contribution is -0.144. The molecule has 1 aromatic carbocycles. The van der Waals surface area contributed by atoms with E-state index >= 15 is 0 Å². The maximum Gasteiger partial charge on any atom is 0.306 e. The third kappa shape index (κ3) is 3.24. The van der Waals surface area contributed by atoms with E-state index in [-0.39, 0.29) is 17.7 Å². The number of carbonyl (C=O) groups is 2. The number of sulfonamides is 1. The summed E-state index contributed by atoms with van der Waals surface area (Å²) >= 11 is 0. The summed E-state index contributed by atoms with van der Waals surface area (Å²) in [4.78, 5) is 24.1. The Morgan fingerprint density at radius 1 is 1.30 bits per heavy atom. The fraction of sp³-hybridized carbons (Fsp3) is 0.500. The van der Waals surface area contributed by atoms with Crippen molar-refractivity contribution in [2.75, 3.05) is 7.11 Å². The monoisotopic (exact) mass is 339 g/mol. The van der Waals surface area contributed by atoms with E-state index in [2.05, 4.69) is 4.74 Å². The standard InChI is InChI=1S/C16H21NO5S/c1-11-5-7-13(8-6-11)23(20,21)17-15(19)12(9-14(18)22-4)10-16(17,2)3/h5-8,12H,9-10H2,1-4H3/t12-/m1/s1. The van der Waals surface area contributed by atoms with Gasteiger partial charge in [-0.2, -0.15) is 0 Å². The van der Waals surface area contributed by atoms with Crippen molar-refractivity contribution >= 4 is 21.9 Å². The van der Waals surface area contributed by atoms with Gasteiger partial charge >= 0.3 is 5.97 Å². The van der Waals surface area contributed by atoms with Crippen LogP contribution in [0.15, 0.2) is 29.2 Å². The number of aryl methyl sites for hydroxylation is 1. The minimum atomic E-state index is -3.96. The number of ether oxygens (including phenoxy) is 1. The number of methoxy groups -OCH3 is 1. The first-order valence-electron chi connectivity index (χ1n) is 7.32. The molecule has 126 valence electrons. The molecule has 6 nitrogen and oxygen atoms in total. The molecule has 1 fully saturated rings. The van der Waals surface area contributed by atoms with Crippen molar-refractivity contribution in [2.24, 2.45) is 5.92 Å². The molecular weight excluding hydrogens is 318 g/mol. The second-order valence-corrected chi connectivity index (χ2v) is 8.20. The summed E-state index contributed by atoms with van der Waals surface area (Å²) in [6.45, 7) is 5.23. The fourth-order valence-corrected chi connectivity index (χ4v) is 4.74. The highest BCUT2D eigenvalue weighted by Crippen LogP contribution is 2.39. The highest BCUT2D eigenvalue weighted by atomic mass is 32.2. The zero-order valence-corrected chi connectivity index (χ0v) is 14.5. The number of hydrogen-bond donors (Lipinski definition) is 0. The first-order valence-corrected chi connectivity index (χ1v) is 8.76. The molecule has 0 spiro atoms. The Morgan fingerprint density at radius 2 is 1.87 bits per heavy atom. The maximum absolute atomic E-state index is 12.9. The third-order valence-electron chi connectivity index (χ3n) is 4.05. The summed E-state index contributed by atoms with van der Waals surface area (Å²) in [5.74, 6) is -1.76. The van der Waals surface area contributed by atoms with Gasteiger partial charge in [-0.05, 0) is 39.3 Å². The fourth-order valence-electron chi connectivity index (χ4n) is 2.94. The summed E-state index contributed by atoms with van der Waals surface area (Å²) in [6.07, 6.45) is 0.171. The van der Waals surface area contributed by atoms with Crippen LogP contribution in [0.25, 0.3) is 0 Å². The van der Waals surface area contributed by atoms with E-state index < -0.39 is 33.4 Å². The zero-order valence-electron chi connectivity index (χ0n) is 13.7. The van der Waals surface area contributed by atoms with Gasteiger partial charge in [0.05, 0.1) is 29.9 Å². The van der Waals surface area contributed by atoms with Gasteiger partial charge < -0.3 is 4.74 Å². The molecular formula is C16H21NO5S. The van der Waals surface area contributed by atoms with Crippen LogP contribution >= 0.6 is 0 Å².